The Morgan fingerprint density at radius 1 is 1.46 bits per heavy atom. The van der Waals surface area contributed by atoms with E-state index in [2.05, 4.69) is 0 Å². The molecule has 1 heterocycles. The molecule has 0 spiro atoms. The number of carbonyl (C=O) groups excluding carboxylic acids is 1. The quantitative estimate of drug-likeness (QED) is 0.738. The molecular formula is C9H5ClO2S. The number of carbonyl (C=O) groups is 1. The van der Waals surface area contributed by atoms with Gasteiger partial charge < -0.3 is 5.11 Å². The van der Waals surface area contributed by atoms with Crippen molar-refractivity contribution in [3.63, 3.8) is 0 Å². The van der Waals surface area contributed by atoms with Crippen LogP contribution in [-0.4, -0.2) is 11.4 Å². The molecule has 0 aliphatic heterocycles. The lowest BCUT2D eigenvalue weighted by atomic mass is 10.2. The molecule has 0 radical (unpaired) electrons. The smallest absolute Gasteiger partial charge is 0.152 e. The van der Waals surface area contributed by atoms with Crippen molar-refractivity contribution in [3.8, 4) is 5.75 Å². The van der Waals surface area contributed by atoms with Gasteiger partial charge in [0.1, 0.15) is 10.6 Å². The lowest BCUT2D eigenvalue weighted by Crippen LogP contribution is -1.75. The first-order valence-electron chi connectivity index (χ1n) is 3.58. The molecule has 1 aromatic heterocycles. The van der Waals surface area contributed by atoms with Crippen LogP contribution >= 0.6 is 22.9 Å². The fourth-order valence-corrected chi connectivity index (χ4v) is 2.36. The van der Waals surface area contributed by atoms with Crippen molar-refractivity contribution in [2.45, 2.75) is 0 Å². The van der Waals surface area contributed by atoms with Crippen molar-refractivity contribution in [2.75, 3.05) is 0 Å². The Morgan fingerprint density at radius 3 is 2.92 bits per heavy atom. The van der Waals surface area contributed by atoms with E-state index in [0.717, 1.165) is 11.0 Å². The topological polar surface area (TPSA) is 37.3 Å². The van der Waals surface area contributed by atoms with E-state index >= 15 is 0 Å². The van der Waals surface area contributed by atoms with Crippen LogP contribution in [0.25, 0.3) is 10.1 Å². The molecule has 0 aliphatic carbocycles. The SMILES string of the molecule is O=Cc1ccc2c(O)c(Cl)sc2c1. The van der Waals surface area contributed by atoms with Gasteiger partial charge in [0.25, 0.3) is 0 Å². The Kier molecular flexibility index (Phi) is 1.98. The molecule has 0 fully saturated rings. The molecule has 0 bridgehead atoms. The van der Waals surface area contributed by atoms with Gasteiger partial charge in [-0.2, -0.15) is 0 Å². The maximum Gasteiger partial charge on any atom is 0.152 e. The first kappa shape index (κ1) is 8.53. The Labute approximate surface area is 83.4 Å². The van der Waals surface area contributed by atoms with Gasteiger partial charge in [-0.05, 0) is 12.1 Å². The summed E-state index contributed by atoms with van der Waals surface area (Å²) in [5, 5.41) is 10.1. The van der Waals surface area contributed by atoms with Crippen LogP contribution in [0.15, 0.2) is 18.2 Å². The molecule has 0 aliphatic rings. The molecule has 66 valence electrons. The fourth-order valence-electron chi connectivity index (χ4n) is 1.14. The van der Waals surface area contributed by atoms with Gasteiger partial charge in [0.2, 0.25) is 0 Å². The first-order chi connectivity index (χ1) is 6.22. The second kappa shape index (κ2) is 3.01. The summed E-state index contributed by atoms with van der Waals surface area (Å²) < 4.78 is 1.19. The van der Waals surface area contributed by atoms with Crippen LogP contribution in [0, 0.1) is 0 Å². The normalized spacial score (nSPS) is 10.5. The summed E-state index contributed by atoms with van der Waals surface area (Å²) in [7, 11) is 0. The highest BCUT2D eigenvalue weighted by atomic mass is 35.5. The molecule has 0 saturated carbocycles. The zero-order valence-corrected chi connectivity index (χ0v) is 8.02. The lowest BCUT2D eigenvalue weighted by Gasteiger charge is -1.91. The van der Waals surface area contributed by atoms with E-state index in [4.69, 9.17) is 11.6 Å². The molecule has 0 saturated heterocycles. The number of thiophene rings is 1. The fraction of sp³-hybridized carbons (Fsp3) is 0. The van der Waals surface area contributed by atoms with Crippen LogP contribution in [0.4, 0.5) is 0 Å². The minimum absolute atomic E-state index is 0.0964. The number of hydrogen-bond donors (Lipinski definition) is 1. The highest BCUT2D eigenvalue weighted by molar-refractivity contribution is 7.23. The van der Waals surface area contributed by atoms with E-state index in [1.54, 1.807) is 18.2 Å². The van der Waals surface area contributed by atoms with Gasteiger partial charge in [0.05, 0.1) is 0 Å². The molecule has 1 N–H and O–H groups in total. The third-order valence-corrected chi connectivity index (χ3v) is 3.12. The van der Waals surface area contributed by atoms with Crippen LogP contribution in [0.5, 0.6) is 5.75 Å². The van der Waals surface area contributed by atoms with Gasteiger partial charge in [0, 0.05) is 15.6 Å². The van der Waals surface area contributed by atoms with Gasteiger partial charge in [-0.3, -0.25) is 4.79 Å². The molecule has 1 aromatic carbocycles. The Morgan fingerprint density at radius 2 is 2.23 bits per heavy atom. The summed E-state index contributed by atoms with van der Waals surface area (Å²) in [5.41, 5.74) is 0.588. The van der Waals surface area contributed by atoms with Crippen LogP contribution in [0.3, 0.4) is 0 Å². The summed E-state index contributed by atoms with van der Waals surface area (Å²) in [4.78, 5) is 10.5. The average Bonchev–Trinajstić information content (AvgIpc) is 2.42. The Balaban J connectivity index is 2.79. The number of halogens is 1. The predicted molar refractivity (Wildman–Crippen MR) is 53.9 cm³/mol. The third kappa shape index (κ3) is 1.30. The molecule has 4 heteroatoms. The molecular weight excluding hydrogens is 208 g/mol. The van der Waals surface area contributed by atoms with Crippen molar-refractivity contribution < 1.29 is 9.90 Å². The molecule has 0 atom stereocenters. The van der Waals surface area contributed by atoms with Crippen LogP contribution in [0.1, 0.15) is 10.4 Å². The van der Waals surface area contributed by atoms with E-state index in [9.17, 15) is 9.90 Å². The minimum Gasteiger partial charge on any atom is -0.505 e. The second-order valence-electron chi connectivity index (χ2n) is 2.60. The number of rotatable bonds is 1. The number of aromatic hydroxyl groups is 1. The molecule has 2 rings (SSSR count). The molecule has 2 nitrogen and oxygen atoms in total. The first-order valence-corrected chi connectivity index (χ1v) is 4.78. The van der Waals surface area contributed by atoms with Crippen molar-refractivity contribution in [1.29, 1.82) is 0 Å². The number of fused-ring (bicyclic) bond motifs is 1. The van der Waals surface area contributed by atoms with Gasteiger partial charge in [-0.25, -0.2) is 0 Å². The Hall–Kier alpha value is -1.06. The molecule has 13 heavy (non-hydrogen) atoms. The van der Waals surface area contributed by atoms with Crippen LogP contribution in [0.2, 0.25) is 4.34 Å². The lowest BCUT2D eigenvalue weighted by molar-refractivity contribution is 0.112. The van der Waals surface area contributed by atoms with E-state index in [1.807, 2.05) is 0 Å². The van der Waals surface area contributed by atoms with Crippen molar-refractivity contribution in [2.24, 2.45) is 0 Å². The van der Waals surface area contributed by atoms with Gasteiger partial charge in [-0.15, -0.1) is 11.3 Å². The second-order valence-corrected chi connectivity index (χ2v) is 4.25. The van der Waals surface area contributed by atoms with Gasteiger partial charge in [-0.1, -0.05) is 17.7 Å². The summed E-state index contributed by atoms with van der Waals surface area (Å²) >= 11 is 6.99. The number of hydrogen-bond acceptors (Lipinski definition) is 3. The average molecular weight is 213 g/mol. The highest BCUT2D eigenvalue weighted by Crippen LogP contribution is 2.40. The standard InChI is InChI=1S/C9H5ClO2S/c10-9-8(12)6-2-1-5(4-11)3-7(6)13-9/h1-4,12H. The largest absolute Gasteiger partial charge is 0.505 e. The van der Waals surface area contributed by atoms with Crippen molar-refractivity contribution in [1.82, 2.24) is 0 Å². The van der Waals surface area contributed by atoms with E-state index in [-0.39, 0.29) is 5.75 Å². The highest BCUT2D eigenvalue weighted by Gasteiger charge is 2.08. The van der Waals surface area contributed by atoms with Crippen LogP contribution in [-0.2, 0) is 0 Å². The number of benzene rings is 1. The summed E-state index contributed by atoms with van der Waals surface area (Å²) in [5.74, 6) is 0.0964. The van der Waals surface area contributed by atoms with E-state index < -0.39 is 0 Å². The summed E-state index contributed by atoms with van der Waals surface area (Å²) in [6, 6.07) is 5.05. The van der Waals surface area contributed by atoms with Gasteiger partial charge in [0.15, 0.2) is 5.75 Å². The molecule has 0 amide bonds. The zero-order valence-electron chi connectivity index (χ0n) is 6.45. The van der Waals surface area contributed by atoms with E-state index in [1.165, 1.54) is 11.3 Å². The van der Waals surface area contributed by atoms with Crippen molar-refractivity contribution >= 4 is 39.3 Å². The number of aldehydes is 1. The molecule has 0 unspecified atom stereocenters. The van der Waals surface area contributed by atoms with Crippen molar-refractivity contribution in [3.05, 3.63) is 28.1 Å². The van der Waals surface area contributed by atoms with Crippen LogP contribution < -0.4 is 0 Å². The molecule has 2 aromatic rings. The zero-order chi connectivity index (χ0) is 9.42. The van der Waals surface area contributed by atoms with Gasteiger partial charge >= 0.3 is 0 Å². The minimum atomic E-state index is 0.0964. The summed E-state index contributed by atoms with van der Waals surface area (Å²) in [6.45, 7) is 0. The van der Waals surface area contributed by atoms with E-state index in [0.29, 0.717) is 15.3 Å². The maximum absolute atomic E-state index is 10.5. The third-order valence-electron chi connectivity index (χ3n) is 1.78. The Bertz CT molecular complexity index is 476. The summed E-state index contributed by atoms with van der Waals surface area (Å²) in [6.07, 6.45) is 0.768. The predicted octanol–water partition coefficient (Wildman–Crippen LogP) is 3.07. The maximum atomic E-state index is 10.5. The monoisotopic (exact) mass is 212 g/mol.